The molecule has 1 aliphatic rings. The number of carbonyl (C=O) groups is 1. The minimum absolute atomic E-state index is 0.0932. The van der Waals surface area contributed by atoms with E-state index in [1.807, 2.05) is 21.6 Å². The van der Waals surface area contributed by atoms with E-state index in [0.717, 1.165) is 18.6 Å². The average Bonchev–Trinajstić information content (AvgIpc) is 2.56. The number of carboxylic acids is 1. The smallest absolute Gasteiger partial charge is 0.364 e. The van der Waals surface area contributed by atoms with E-state index in [2.05, 4.69) is 0 Å². The van der Waals surface area contributed by atoms with Crippen LogP contribution in [0.3, 0.4) is 0 Å². The van der Waals surface area contributed by atoms with Gasteiger partial charge < -0.3 is 15.3 Å². The Hall–Kier alpha value is 0.0900. The molecule has 1 atom stereocenters. The number of hydrogen-bond acceptors (Lipinski definition) is 5. The molecule has 14 heavy (non-hydrogen) atoms. The van der Waals surface area contributed by atoms with Crippen molar-refractivity contribution < 1.29 is 20.1 Å². The van der Waals surface area contributed by atoms with Gasteiger partial charge in [0, 0.05) is 17.4 Å². The van der Waals surface area contributed by atoms with Crippen molar-refractivity contribution in [3.63, 3.8) is 0 Å². The summed E-state index contributed by atoms with van der Waals surface area (Å²) >= 11 is 0. The van der Waals surface area contributed by atoms with Crippen LogP contribution < -0.4 is 0 Å². The molecule has 4 nitrogen and oxygen atoms in total. The van der Waals surface area contributed by atoms with Gasteiger partial charge in [0.05, 0.1) is 0 Å². The van der Waals surface area contributed by atoms with Gasteiger partial charge in [0.25, 0.3) is 5.79 Å². The number of aliphatic carboxylic acids is 1. The molecular formula is C8H14O4S2. The van der Waals surface area contributed by atoms with Crippen molar-refractivity contribution in [2.75, 3.05) is 5.75 Å². The van der Waals surface area contributed by atoms with Crippen LogP contribution in [-0.4, -0.2) is 38.1 Å². The molecule has 1 rings (SSSR count). The Balaban J connectivity index is 2.16. The van der Waals surface area contributed by atoms with E-state index in [9.17, 15) is 4.79 Å². The fourth-order valence-electron chi connectivity index (χ4n) is 1.25. The molecule has 0 aliphatic carbocycles. The molecule has 3 N–H and O–H groups in total. The largest absolute Gasteiger partial charge is 0.477 e. The van der Waals surface area contributed by atoms with E-state index in [0.29, 0.717) is 11.7 Å². The first-order valence-electron chi connectivity index (χ1n) is 4.49. The molecule has 82 valence electrons. The molecule has 0 aromatic heterocycles. The first kappa shape index (κ1) is 12.2. The first-order valence-corrected chi connectivity index (χ1v) is 6.87. The van der Waals surface area contributed by atoms with Gasteiger partial charge in [-0.15, -0.1) is 0 Å². The van der Waals surface area contributed by atoms with Crippen LogP contribution in [0.25, 0.3) is 0 Å². The van der Waals surface area contributed by atoms with E-state index in [-0.39, 0.29) is 6.42 Å². The van der Waals surface area contributed by atoms with E-state index < -0.39 is 11.8 Å². The predicted molar refractivity (Wildman–Crippen MR) is 57.1 cm³/mol. The SMILES string of the molecule is O=C(O)C(O)(O)CCCC1CCSS1. The molecule has 0 aromatic carbocycles. The summed E-state index contributed by atoms with van der Waals surface area (Å²) in [6.07, 6.45) is 2.43. The fourth-order valence-corrected chi connectivity index (χ4v) is 4.28. The lowest BCUT2D eigenvalue weighted by Gasteiger charge is -2.16. The summed E-state index contributed by atoms with van der Waals surface area (Å²) in [5, 5.41) is 27.0. The molecule has 1 heterocycles. The number of rotatable bonds is 5. The highest BCUT2D eigenvalue weighted by molar-refractivity contribution is 8.77. The van der Waals surface area contributed by atoms with Crippen molar-refractivity contribution in [1.29, 1.82) is 0 Å². The molecule has 0 aromatic rings. The quantitative estimate of drug-likeness (QED) is 0.491. The normalized spacial score (nSPS) is 22.6. The third-order valence-electron chi connectivity index (χ3n) is 2.12. The maximum absolute atomic E-state index is 10.3. The fraction of sp³-hybridized carbons (Fsp3) is 0.875. The van der Waals surface area contributed by atoms with Gasteiger partial charge in [0.2, 0.25) is 0 Å². The lowest BCUT2D eigenvalue weighted by Crippen LogP contribution is -2.38. The van der Waals surface area contributed by atoms with E-state index in [1.54, 1.807) is 0 Å². The van der Waals surface area contributed by atoms with Crippen molar-refractivity contribution in [2.24, 2.45) is 0 Å². The van der Waals surface area contributed by atoms with Gasteiger partial charge in [-0.25, -0.2) is 4.79 Å². The van der Waals surface area contributed by atoms with Crippen molar-refractivity contribution in [1.82, 2.24) is 0 Å². The highest BCUT2D eigenvalue weighted by atomic mass is 33.1. The molecule has 0 amide bonds. The lowest BCUT2D eigenvalue weighted by molar-refractivity contribution is -0.205. The second kappa shape index (κ2) is 5.25. The number of carboxylic acid groups (broad SMARTS) is 1. The molecule has 1 fully saturated rings. The Kier molecular flexibility index (Phi) is 4.56. The summed E-state index contributed by atoms with van der Waals surface area (Å²) in [6.45, 7) is 0. The monoisotopic (exact) mass is 238 g/mol. The highest BCUT2D eigenvalue weighted by Crippen LogP contribution is 2.40. The summed E-state index contributed by atoms with van der Waals surface area (Å²) < 4.78 is 0. The molecule has 0 saturated carbocycles. The molecule has 0 spiro atoms. The van der Waals surface area contributed by atoms with Gasteiger partial charge in [0.15, 0.2) is 0 Å². The second-order valence-electron chi connectivity index (χ2n) is 3.34. The van der Waals surface area contributed by atoms with Crippen LogP contribution in [0.15, 0.2) is 0 Å². The summed E-state index contributed by atoms with van der Waals surface area (Å²) in [5.41, 5.74) is 0. The maximum Gasteiger partial charge on any atom is 0.364 e. The Morgan fingerprint density at radius 3 is 2.71 bits per heavy atom. The Morgan fingerprint density at radius 2 is 2.21 bits per heavy atom. The van der Waals surface area contributed by atoms with Crippen LogP contribution >= 0.6 is 21.6 Å². The standard InChI is InChI=1S/C8H14O4S2/c9-7(10)8(11,12)4-1-2-6-3-5-13-14-6/h6,11-12H,1-5H2,(H,9,10). The van der Waals surface area contributed by atoms with Crippen LogP contribution in [0.5, 0.6) is 0 Å². The zero-order valence-corrected chi connectivity index (χ0v) is 9.31. The van der Waals surface area contributed by atoms with Crippen LogP contribution in [0.2, 0.25) is 0 Å². The zero-order chi connectivity index (χ0) is 10.6. The molecular weight excluding hydrogens is 224 g/mol. The molecule has 1 unspecified atom stereocenters. The molecule has 1 saturated heterocycles. The Labute approximate surface area is 90.5 Å². The van der Waals surface area contributed by atoms with E-state index in [1.165, 1.54) is 0 Å². The van der Waals surface area contributed by atoms with Gasteiger partial charge in [-0.1, -0.05) is 21.6 Å². The third kappa shape index (κ3) is 3.68. The van der Waals surface area contributed by atoms with Crippen LogP contribution in [0.4, 0.5) is 0 Å². The molecule has 0 radical (unpaired) electrons. The Bertz CT molecular complexity index is 202. The van der Waals surface area contributed by atoms with Gasteiger partial charge >= 0.3 is 5.97 Å². The summed E-state index contributed by atoms with van der Waals surface area (Å²) in [6, 6.07) is 0. The van der Waals surface area contributed by atoms with Gasteiger partial charge in [-0.3, -0.25) is 0 Å². The van der Waals surface area contributed by atoms with Gasteiger partial charge in [-0.05, 0) is 19.3 Å². The summed E-state index contributed by atoms with van der Waals surface area (Å²) in [5.74, 6) is -2.97. The minimum Gasteiger partial charge on any atom is -0.477 e. The van der Waals surface area contributed by atoms with Crippen molar-refractivity contribution in [3.05, 3.63) is 0 Å². The van der Waals surface area contributed by atoms with Gasteiger partial charge in [-0.2, -0.15) is 0 Å². The van der Waals surface area contributed by atoms with Crippen LogP contribution in [-0.2, 0) is 4.79 Å². The molecule has 1 aliphatic heterocycles. The lowest BCUT2D eigenvalue weighted by atomic mass is 10.1. The van der Waals surface area contributed by atoms with Crippen molar-refractivity contribution >= 4 is 27.6 Å². The third-order valence-corrected chi connectivity index (χ3v) is 5.13. The average molecular weight is 238 g/mol. The van der Waals surface area contributed by atoms with E-state index >= 15 is 0 Å². The number of hydrogen-bond donors (Lipinski definition) is 3. The van der Waals surface area contributed by atoms with E-state index in [4.69, 9.17) is 15.3 Å². The summed E-state index contributed by atoms with van der Waals surface area (Å²) in [4.78, 5) is 10.3. The zero-order valence-electron chi connectivity index (χ0n) is 7.68. The van der Waals surface area contributed by atoms with Crippen molar-refractivity contribution in [2.45, 2.75) is 36.7 Å². The van der Waals surface area contributed by atoms with Crippen LogP contribution in [0, 0.1) is 0 Å². The molecule has 6 heteroatoms. The highest BCUT2D eigenvalue weighted by Gasteiger charge is 2.32. The Morgan fingerprint density at radius 1 is 1.50 bits per heavy atom. The van der Waals surface area contributed by atoms with Gasteiger partial charge in [0.1, 0.15) is 0 Å². The predicted octanol–water partition coefficient (Wildman–Crippen LogP) is 1.08. The minimum atomic E-state index is -2.55. The first-order chi connectivity index (χ1) is 6.52. The van der Waals surface area contributed by atoms with Crippen LogP contribution in [0.1, 0.15) is 25.7 Å². The number of aliphatic hydroxyl groups is 2. The maximum atomic E-state index is 10.3. The topological polar surface area (TPSA) is 77.8 Å². The second-order valence-corrected chi connectivity index (χ2v) is 6.13. The summed E-state index contributed by atoms with van der Waals surface area (Å²) in [7, 11) is 3.63. The molecule has 0 bridgehead atoms. The van der Waals surface area contributed by atoms with Crippen molar-refractivity contribution in [3.8, 4) is 0 Å².